The lowest BCUT2D eigenvalue weighted by molar-refractivity contribution is 0.0185. The summed E-state index contributed by atoms with van der Waals surface area (Å²) in [7, 11) is 0. The van der Waals surface area contributed by atoms with Crippen molar-refractivity contribution < 1.29 is 14.3 Å². The number of aromatic nitrogens is 2. The van der Waals surface area contributed by atoms with Crippen LogP contribution in [0.5, 0.6) is 0 Å². The zero-order chi connectivity index (χ0) is 16.5. The third-order valence-electron chi connectivity index (χ3n) is 3.56. The van der Waals surface area contributed by atoms with Crippen molar-refractivity contribution in [2.45, 2.75) is 45.3 Å². The molecule has 22 heavy (non-hydrogen) atoms. The molecule has 2 rings (SSSR count). The summed E-state index contributed by atoms with van der Waals surface area (Å²) >= 11 is 0. The second-order valence-corrected chi connectivity index (χ2v) is 6.45. The number of carbonyl (C=O) groups excluding carboxylic acids is 2. The lowest BCUT2D eigenvalue weighted by atomic mass is 10.1. The van der Waals surface area contributed by atoms with Gasteiger partial charge in [0.25, 0.3) is 5.91 Å². The number of anilines is 1. The smallest absolute Gasteiger partial charge is 0.410 e. The fraction of sp³-hybridized carbons (Fsp3) is 0.643. The fourth-order valence-corrected chi connectivity index (χ4v) is 2.47. The number of primary amides is 1. The van der Waals surface area contributed by atoms with E-state index in [1.165, 1.54) is 6.20 Å². The summed E-state index contributed by atoms with van der Waals surface area (Å²) in [5.74, 6) is -0.307. The van der Waals surface area contributed by atoms with Crippen molar-refractivity contribution >= 4 is 17.8 Å². The highest BCUT2D eigenvalue weighted by Crippen LogP contribution is 2.26. The first-order valence-electron chi connectivity index (χ1n) is 7.30. The van der Waals surface area contributed by atoms with E-state index in [4.69, 9.17) is 16.2 Å². The van der Waals surface area contributed by atoms with Crippen LogP contribution in [0.2, 0.25) is 0 Å². The third kappa shape index (κ3) is 3.49. The molecule has 122 valence electrons. The molecular formula is C14H23N5O3. The average Bonchev–Trinajstić information content (AvgIpc) is 2.79. The van der Waals surface area contributed by atoms with Gasteiger partial charge in [-0.2, -0.15) is 5.10 Å². The monoisotopic (exact) mass is 309 g/mol. The summed E-state index contributed by atoms with van der Waals surface area (Å²) < 4.78 is 6.97. The largest absolute Gasteiger partial charge is 0.444 e. The number of nitrogen functional groups attached to an aromatic ring is 1. The van der Waals surface area contributed by atoms with Gasteiger partial charge in [-0.25, -0.2) is 9.48 Å². The summed E-state index contributed by atoms with van der Waals surface area (Å²) in [6, 6.07) is 0.0480. The maximum atomic E-state index is 12.0. The van der Waals surface area contributed by atoms with Gasteiger partial charge in [-0.05, 0) is 33.6 Å². The van der Waals surface area contributed by atoms with E-state index in [-0.39, 0.29) is 23.5 Å². The van der Waals surface area contributed by atoms with E-state index in [0.717, 1.165) is 0 Å². The van der Waals surface area contributed by atoms with Gasteiger partial charge in [0.2, 0.25) is 0 Å². The van der Waals surface area contributed by atoms with E-state index in [9.17, 15) is 9.59 Å². The summed E-state index contributed by atoms with van der Waals surface area (Å²) in [5, 5.41) is 4.15. The number of likely N-dealkylation sites (tertiary alicyclic amines) is 1. The van der Waals surface area contributed by atoms with Crippen molar-refractivity contribution in [3.8, 4) is 0 Å². The predicted octanol–water partition coefficient (Wildman–Crippen LogP) is 1.14. The maximum Gasteiger partial charge on any atom is 0.410 e. The lowest BCUT2D eigenvalue weighted by Gasteiger charge is -2.33. The van der Waals surface area contributed by atoms with Gasteiger partial charge in [0, 0.05) is 13.1 Å². The fourth-order valence-electron chi connectivity index (χ4n) is 2.47. The molecule has 0 unspecified atom stereocenters. The van der Waals surface area contributed by atoms with Crippen molar-refractivity contribution in [3.05, 3.63) is 11.8 Å². The molecule has 4 N–H and O–H groups in total. The minimum Gasteiger partial charge on any atom is -0.444 e. The second kappa shape index (κ2) is 5.86. The minimum atomic E-state index is -0.588. The Labute approximate surface area is 129 Å². The Balaban J connectivity index is 1.98. The molecule has 0 spiro atoms. The molecule has 0 saturated carbocycles. The van der Waals surface area contributed by atoms with Crippen LogP contribution in [0.1, 0.15) is 50.0 Å². The number of ether oxygens (including phenoxy) is 1. The molecule has 8 heteroatoms. The van der Waals surface area contributed by atoms with Crippen molar-refractivity contribution in [3.63, 3.8) is 0 Å². The molecule has 0 bridgehead atoms. The van der Waals surface area contributed by atoms with Crippen LogP contribution in [-0.4, -0.2) is 45.4 Å². The van der Waals surface area contributed by atoms with Crippen molar-refractivity contribution in [2.24, 2.45) is 5.73 Å². The summed E-state index contributed by atoms with van der Waals surface area (Å²) in [6.07, 6.45) is 2.47. The molecule has 2 heterocycles. The molecule has 1 aromatic heterocycles. The van der Waals surface area contributed by atoms with Gasteiger partial charge in [0.05, 0.1) is 12.2 Å². The highest BCUT2D eigenvalue weighted by atomic mass is 16.6. The Kier molecular flexibility index (Phi) is 4.30. The Hall–Kier alpha value is -2.25. The van der Waals surface area contributed by atoms with Gasteiger partial charge < -0.3 is 21.1 Å². The van der Waals surface area contributed by atoms with E-state index in [1.54, 1.807) is 9.58 Å². The van der Waals surface area contributed by atoms with Crippen molar-refractivity contribution in [2.75, 3.05) is 18.8 Å². The average molecular weight is 309 g/mol. The number of hydrogen-bond acceptors (Lipinski definition) is 5. The molecule has 1 aliphatic heterocycles. The van der Waals surface area contributed by atoms with Gasteiger partial charge in [-0.1, -0.05) is 0 Å². The first kappa shape index (κ1) is 16.1. The highest BCUT2D eigenvalue weighted by Gasteiger charge is 2.29. The van der Waals surface area contributed by atoms with E-state index in [0.29, 0.717) is 25.9 Å². The van der Waals surface area contributed by atoms with Gasteiger partial charge in [-0.3, -0.25) is 4.79 Å². The summed E-state index contributed by atoms with van der Waals surface area (Å²) in [4.78, 5) is 24.9. The number of nitrogens with zero attached hydrogens (tertiary/aromatic N) is 3. The van der Waals surface area contributed by atoms with Crippen LogP contribution in [-0.2, 0) is 4.74 Å². The maximum absolute atomic E-state index is 12.0. The molecule has 1 fully saturated rings. The van der Waals surface area contributed by atoms with Crippen LogP contribution in [0.3, 0.4) is 0 Å². The normalized spacial score (nSPS) is 16.6. The number of rotatable bonds is 2. The van der Waals surface area contributed by atoms with E-state index in [1.807, 2.05) is 20.8 Å². The molecule has 0 atom stereocenters. The molecule has 0 aromatic carbocycles. The van der Waals surface area contributed by atoms with Crippen molar-refractivity contribution in [1.29, 1.82) is 0 Å². The predicted molar refractivity (Wildman–Crippen MR) is 81.2 cm³/mol. The van der Waals surface area contributed by atoms with Crippen LogP contribution in [0.15, 0.2) is 6.20 Å². The van der Waals surface area contributed by atoms with Crippen molar-refractivity contribution in [1.82, 2.24) is 14.7 Å². The van der Waals surface area contributed by atoms with E-state index < -0.39 is 11.5 Å². The number of carbonyl (C=O) groups is 2. The van der Waals surface area contributed by atoms with Crippen LogP contribution in [0.4, 0.5) is 10.6 Å². The molecule has 1 aromatic rings. The topological polar surface area (TPSA) is 116 Å². The van der Waals surface area contributed by atoms with Gasteiger partial charge in [0.15, 0.2) is 0 Å². The number of nitrogens with two attached hydrogens (primary N) is 2. The SMILES string of the molecule is CC(C)(C)OC(=O)N1CCC(n2ncc(C(N)=O)c2N)CC1. The van der Waals surface area contributed by atoms with Gasteiger partial charge in [-0.15, -0.1) is 0 Å². The Morgan fingerprint density at radius 3 is 2.36 bits per heavy atom. The Morgan fingerprint density at radius 2 is 1.91 bits per heavy atom. The summed E-state index contributed by atoms with van der Waals surface area (Å²) in [6.45, 7) is 6.64. The van der Waals surface area contributed by atoms with Gasteiger partial charge >= 0.3 is 6.09 Å². The molecule has 2 amide bonds. The molecule has 1 aliphatic rings. The first-order valence-corrected chi connectivity index (χ1v) is 7.30. The lowest BCUT2D eigenvalue weighted by Crippen LogP contribution is -2.42. The number of piperidine rings is 1. The zero-order valence-corrected chi connectivity index (χ0v) is 13.2. The van der Waals surface area contributed by atoms with E-state index >= 15 is 0 Å². The molecule has 0 radical (unpaired) electrons. The number of hydrogen-bond donors (Lipinski definition) is 2. The molecule has 8 nitrogen and oxygen atoms in total. The molecular weight excluding hydrogens is 286 g/mol. The van der Waals surface area contributed by atoms with Crippen LogP contribution >= 0.6 is 0 Å². The van der Waals surface area contributed by atoms with Gasteiger partial charge in [0.1, 0.15) is 17.0 Å². The van der Waals surface area contributed by atoms with Crippen LogP contribution in [0.25, 0.3) is 0 Å². The first-order chi connectivity index (χ1) is 10.2. The zero-order valence-electron chi connectivity index (χ0n) is 13.2. The highest BCUT2D eigenvalue weighted by molar-refractivity contribution is 5.96. The van der Waals surface area contributed by atoms with E-state index in [2.05, 4.69) is 5.10 Å². The number of amides is 2. The quantitative estimate of drug-likeness (QED) is 0.849. The Bertz CT molecular complexity index is 568. The van der Waals surface area contributed by atoms with Crippen LogP contribution < -0.4 is 11.5 Å². The summed E-state index contributed by atoms with van der Waals surface area (Å²) in [5.41, 5.74) is 10.9. The van der Waals surface area contributed by atoms with Crippen LogP contribution in [0, 0.1) is 0 Å². The molecule has 0 aliphatic carbocycles. The second-order valence-electron chi connectivity index (χ2n) is 6.45. The molecule has 1 saturated heterocycles. The third-order valence-corrected chi connectivity index (χ3v) is 3.56. The standard InChI is InChI=1S/C14H23N5O3/c1-14(2,3)22-13(21)18-6-4-9(5-7-18)19-11(15)10(8-17-19)12(16)20/h8-9H,4-7,15H2,1-3H3,(H2,16,20). The Morgan fingerprint density at radius 1 is 1.32 bits per heavy atom. The minimum absolute atomic E-state index is 0.0480.